The van der Waals surface area contributed by atoms with E-state index < -0.39 is 10.0 Å². The van der Waals surface area contributed by atoms with Crippen LogP contribution in [-0.4, -0.2) is 24.4 Å². The van der Waals surface area contributed by atoms with Crippen LogP contribution in [0.3, 0.4) is 0 Å². The zero-order valence-corrected chi connectivity index (χ0v) is 20.7. The molecule has 4 aromatic carbocycles. The van der Waals surface area contributed by atoms with Crippen molar-refractivity contribution in [3.8, 4) is 33.8 Å². The van der Waals surface area contributed by atoms with Gasteiger partial charge in [-0.3, -0.25) is 4.31 Å². The summed E-state index contributed by atoms with van der Waals surface area (Å²) in [4.78, 5) is 0. The van der Waals surface area contributed by atoms with Crippen molar-refractivity contribution >= 4 is 21.8 Å². The zero-order chi connectivity index (χ0) is 25.3. The summed E-state index contributed by atoms with van der Waals surface area (Å²) in [5, 5.41) is 19.9. The molecule has 182 valence electrons. The Hall–Kier alpha value is -4.03. The molecule has 1 aliphatic rings. The first-order chi connectivity index (χ1) is 17.4. The molecule has 0 spiro atoms. The Morgan fingerprint density at radius 1 is 0.833 bits per heavy atom. The number of rotatable bonds is 6. The van der Waals surface area contributed by atoms with E-state index in [0.717, 1.165) is 27.8 Å². The highest BCUT2D eigenvalue weighted by Gasteiger charge is 2.36. The molecule has 2 N–H and O–H groups in total. The maximum absolute atomic E-state index is 13.8. The van der Waals surface area contributed by atoms with Crippen LogP contribution in [0.5, 0.6) is 11.5 Å². The SMILES string of the molecule is CCC1c2ccccc2-c2cc(-c3ccccc3O)ccc2N1S(=O)(=O)CC=Cc1ccc(O)cc1. The molecule has 4 aromatic rings. The second-order valence-corrected chi connectivity index (χ2v) is 10.7. The molecule has 0 radical (unpaired) electrons. The Kier molecular flexibility index (Phi) is 6.29. The molecule has 0 fully saturated rings. The van der Waals surface area contributed by atoms with Crippen LogP contribution in [0.25, 0.3) is 28.3 Å². The molecular weight excluding hydrogens is 470 g/mol. The molecule has 1 aliphatic heterocycles. The lowest BCUT2D eigenvalue weighted by Crippen LogP contribution is -2.38. The van der Waals surface area contributed by atoms with Gasteiger partial charge in [0, 0.05) is 11.1 Å². The molecule has 1 heterocycles. The van der Waals surface area contributed by atoms with E-state index in [1.807, 2.05) is 61.5 Å². The number of hydrogen-bond acceptors (Lipinski definition) is 4. The van der Waals surface area contributed by atoms with Crippen LogP contribution in [0.2, 0.25) is 0 Å². The Bertz CT molecular complexity index is 1540. The van der Waals surface area contributed by atoms with Crippen molar-refractivity contribution in [3.63, 3.8) is 0 Å². The van der Waals surface area contributed by atoms with Crippen LogP contribution in [0.1, 0.15) is 30.5 Å². The minimum atomic E-state index is -3.72. The summed E-state index contributed by atoms with van der Waals surface area (Å²) in [6.07, 6.45) is 4.02. The van der Waals surface area contributed by atoms with Gasteiger partial charge in [0.1, 0.15) is 11.5 Å². The van der Waals surface area contributed by atoms with Crippen LogP contribution in [0.15, 0.2) is 97.1 Å². The van der Waals surface area contributed by atoms with Gasteiger partial charge >= 0.3 is 0 Å². The second-order valence-electron chi connectivity index (χ2n) is 8.83. The summed E-state index contributed by atoms with van der Waals surface area (Å²) in [7, 11) is -3.72. The number of aromatic hydroxyl groups is 2. The maximum atomic E-state index is 13.8. The van der Waals surface area contributed by atoms with Gasteiger partial charge in [0.25, 0.3) is 0 Å². The van der Waals surface area contributed by atoms with E-state index in [9.17, 15) is 18.6 Å². The lowest BCUT2D eigenvalue weighted by molar-refractivity contribution is 0.475. The molecule has 1 unspecified atom stereocenters. The third kappa shape index (κ3) is 4.36. The molecule has 0 aliphatic carbocycles. The van der Waals surface area contributed by atoms with Crippen LogP contribution in [-0.2, 0) is 10.0 Å². The van der Waals surface area contributed by atoms with Gasteiger partial charge in [0.05, 0.1) is 17.5 Å². The summed E-state index contributed by atoms with van der Waals surface area (Å²) in [5.74, 6) is 0.182. The van der Waals surface area contributed by atoms with Crippen molar-refractivity contribution in [1.82, 2.24) is 0 Å². The minimum absolute atomic E-state index is 0.160. The summed E-state index contributed by atoms with van der Waals surface area (Å²) >= 11 is 0. The summed E-state index contributed by atoms with van der Waals surface area (Å²) in [5.41, 5.74) is 5.75. The van der Waals surface area contributed by atoms with E-state index in [1.165, 1.54) is 0 Å². The third-order valence-electron chi connectivity index (χ3n) is 6.54. The fourth-order valence-electron chi connectivity index (χ4n) is 4.86. The van der Waals surface area contributed by atoms with Crippen molar-refractivity contribution in [3.05, 3.63) is 108 Å². The first-order valence-corrected chi connectivity index (χ1v) is 13.5. The van der Waals surface area contributed by atoms with Gasteiger partial charge in [-0.1, -0.05) is 79.7 Å². The molecule has 36 heavy (non-hydrogen) atoms. The quantitative estimate of drug-likeness (QED) is 0.309. The average molecular weight is 498 g/mol. The van der Waals surface area contributed by atoms with E-state index in [0.29, 0.717) is 17.7 Å². The van der Waals surface area contributed by atoms with Gasteiger partial charge in [-0.15, -0.1) is 0 Å². The number of hydrogen-bond donors (Lipinski definition) is 2. The van der Waals surface area contributed by atoms with E-state index in [1.54, 1.807) is 52.9 Å². The number of phenolic OH excluding ortho intramolecular Hbond substituents is 2. The largest absolute Gasteiger partial charge is 0.508 e. The Labute approximate surface area is 211 Å². The van der Waals surface area contributed by atoms with Crippen LogP contribution in [0.4, 0.5) is 5.69 Å². The Morgan fingerprint density at radius 2 is 1.53 bits per heavy atom. The van der Waals surface area contributed by atoms with Crippen molar-refractivity contribution in [2.75, 3.05) is 10.1 Å². The molecule has 0 saturated carbocycles. The number of para-hydroxylation sites is 1. The summed E-state index contributed by atoms with van der Waals surface area (Å²) in [6, 6.07) is 27.0. The number of anilines is 1. The molecule has 6 heteroatoms. The predicted molar refractivity (Wildman–Crippen MR) is 145 cm³/mol. The van der Waals surface area contributed by atoms with Gasteiger partial charge in [0.2, 0.25) is 10.0 Å². The highest BCUT2D eigenvalue weighted by molar-refractivity contribution is 7.93. The number of sulfonamides is 1. The van der Waals surface area contributed by atoms with Crippen molar-refractivity contribution in [2.24, 2.45) is 0 Å². The monoisotopic (exact) mass is 497 g/mol. The molecular formula is C30H27NO4S. The zero-order valence-electron chi connectivity index (χ0n) is 19.9. The van der Waals surface area contributed by atoms with Gasteiger partial charge in [0.15, 0.2) is 0 Å². The van der Waals surface area contributed by atoms with E-state index in [2.05, 4.69) is 0 Å². The van der Waals surface area contributed by atoms with Crippen molar-refractivity contribution in [1.29, 1.82) is 0 Å². The van der Waals surface area contributed by atoms with Gasteiger partial charge in [-0.2, -0.15) is 0 Å². The second kappa shape index (κ2) is 9.55. The number of phenols is 2. The fraction of sp³-hybridized carbons (Fsp3) is 0.133. The highest BCUT2D eigenvalue weighted by Crippen LogP contribution is 2.49. The average Bonchev–Trinajstić information content (AvgIpc) is 2.89. The summed E-state index contributed by atoms with van der Waals surface area (Å²) < 4.78 is 29.1. The standard InChI is InChI=1S/C30H27NO4S/c1-2-28-26-11-4-3-10-25(26)27-20-22(24-9-5-6-12-30(24)33)15-18-29(27)31(28)36(34,35)19-7-8-21-13-16-23(32)17-14-21/h3-18,20,28,32-33H,2,19H2,1H3. The van der Waals surface area contributed by atoms with Gasteiger partial charge < -0.3 is 10.2 Å². The molecule has 1 atom stereocenters. The number of benzene rings is 4. The topological polar surface area (TPSA) is 77.8 Å². The molecule has 0 amide bonds. The first kappa shape index (κ1) is 23.7. The molecule has 0 saturated heterocycles. The number of fused-ring (bicyclic) bond motifs is 3. The van der Waals surface area contributed by atoms with Gasteiger partial charge in [-0.25, -0.2) is 8.42 Å². The molecule has 0 aromatic heterocycles. The Morgan fingerprint density at radius 3 is 2.25 bits per heavy atom. The molecule has 5 nitrogen and oxygen atoms in total. The maximum Gasteiger partial charge on any atom is 0.239 e. The van der Waals surface area contributed by atoms with Gasteiger partial charge in [-0.05, 0) is 59.0 Å². The van der Waals surface area contributed by atoms with E-state index in [4.69, 9.17) is 0 Å². The molecule has 0 bridgehead atoms. The van der Waals surface area contributed by atoms with E-state index in [-0.39, 0.29) is 23.3 Å². The number of nitrogens with zero attached hydrogens (tertiary/aromatic N) is 1. The van der Waals surface area contributed by atoms with Crippen LogP contribution < -0.4 is 4.31 Å². The predicted octanol–water partition coefficient (Wildman–Crippen LogP) is 6.75. The highest BCUT2D eigenvalue weighted by atomic mass is 32.2. The lowest BCUT2D eigenvalue weighted by atomic mass is 9.87. The minimum Gasteiger partial charge on any atom is -0.508 e. The lowest BCUT2D eigenvalue weighted by Gasteiger charge is -2.39. The van der Waals surface area contributed by atoms with Crippen LogP contribution >= 0.6 is 0 Å². The van der Waals surface area contributed by atoms with E-state index >= 15 is 0 Å². The fourth-order valence-corrected chi connectivity index (χ4v) is 6.47. The smallest absolute Gasteiger partial charge is 0.239 e. The summed E-state index contributed by atoms with van der Waals surface area (Å²) in [6.45, 7) is 2.00. The first-order valence-electron chi connectivity index (χ1n) is 11.9. The Balaban J connectivity index is 1.59. The third-order valence-corrected chi connectivity index (χ3v) is 8.20. The normalized spacial score (nSPS) is 15.0. The van der Waals surface area contributed by atoms with Crippen molar-refractivity contribution < 1.29 is 18.6 Å². The molecule has 5 rings (SSSR count). The van der Waals surface area contributed by atoms with Crippen molar-refractivity contribution in [2.45, 2.75) is 19.4 Å². The van der Waals surface area contributed by atoms with Crippen LogP contribution in [0, 0.1) is 0 Å².